The van der Waals surface area contributed by atoms with Gasteiger partial charge in [-0.15, -0.1) is 0 Å². The third-order valence-corrected chi connectivity index (χ3v) is 3.23. The second kappa shape index (κ2) is 7.27. The molecule has 0 bridgehead atoms. The second-order valence-electron chi connectivity index (χ2n) is 4.15. The van der Waals surface area contributed by atoms with E-state index in [1.54, 1.807) is 11.8 Å². The van der Waals surface area contributed by atoms with Gasteiger partial charge in [0.15, 0.2) is 0 Å². The number of aromatic nitrogens is 2. The van der Waals surface area contributed by atoms with Crippen molar-refractivity contribution in [1.29, 1.82) is 0 Å². The number of carboxylic acid groups (broad SMARTS) is 1. The lowest BCUT2D eigenvalue weighted by Gasteiger charge is -2.09. The number of nitrogens with zero attached hydrogens (tertiary/aromatic N) is 2. The minimum atomic E-state index is -1.10. The number of nitrogens with two attached hydrogens (primary N) is 2. The lowest BCUT2D eigenvalue weighted by atomic mass is 10.2. The first-order chi connectivity index (χ1) is 8.95. The predicted octanol–water partition coefficient (Wildman–Crippen LogP) is -0.442. The van der Waals surface area contributed by atoms with E-state index in [0.29, 0.717) is 12.1 Å². The molecule has 0 saturated heterocycles. The first kappa shape index (κ1) is 15.7. The largest absolute Gasteiger partial charge is 0.480 e. The summed E-state index contributed by atoms with van der Waals surface area (Å²) in [5.41, 5.74) is 11.6. The van der Waals surface area contributed by atoms with Crippen molar-refractivity contribution in [2.75, 3.05) is 12.0 Å². The molecule has 0 amide bonds. The Hall–Kier alpha value is -1.38. The fourth-order valence-electron chi connectivity index (χ4n) is 1.46. The Kier molecular flexibility index (Phi) is 6.00. The van der Waals surface area contributed by atoms with Gasteiger partial charge < -0.3 is 16.6 Å². The van der Waals surface area contributed by atoms with Crippen molar-refractivity contribution in [3.05, 3.63) is 18.2 Å². The highest BCUT2D eigenvalue weighted by Gasteiger charge is 2.18. The van der Waals surface area contributed by atoms with Crippen molar-refractivity contribution >= 4 is 23.6 Å². The van der Waals surface area contributed by atoms with Crippen LogP contribution in [0.1, 0.15) is 16.9 Å². The normalized spacial score (nSPS) is 14.1. The minimum Gasteiger partial charge on any atom is -0.480 e. The van der Waals surface area contributed by atoms with Crippen LogP contribution in [0, 0.1) is 0 Å². The quantitative estimate of drug-likeness (QED) is 0.620. The van der Waals surface area contributed by atoms with Crippen LogP contribution < -0.4 is 11.5 Å². The number of carbonyl (C=O) groups excluding carboxylic acids is 1. The molecular formula is C11H18N4O3S. The van der Waals surface area contributed by atoms with E-state index in [0.717, 1.165) is 5.75 Å². The molecule has 5 N–H and O–H groups in total. The molecule has 8 heteroatoms. The minimum absolute atomic E-state index is 0.0790. The van der Waals surface area contributed by atoms with Crippen LogP contribution in [-0.2, 0) is 11.2 Å². The van der Waals surface area contributed by atoms with Crippen LogP contribution >= 0.6 is 11.8 Å². The van der Waals surface area contributed by atoms with Crippen LogP contribution in [0.2, 0.25) is 0 Å². The summed E-state index contributed by atoms with van der Waals surface area (Å²) in [5, 5.41) is 8.70. The number of imidazole rings is 1. The maximum absolute atomic E-state index is 11.9. The average Bonchev–Trinajstić information content (AvgIpc) is 2.83. The topological polar surface area (TPSA) is 124 Å². The first-order valence-corrected chi connectivity index (χ1v) is 7.15. The van der Waals surface area contributed by atoms with Gasteiger partial charge in [0.1, 0.15) is 12.4 Å². The summed E-state index contributed by atoms with van der Waals surface area (Å²) in [4.78, 5) is 26.5. The number of carbonyl (C=O) groups is 2. The summed E-state index contributed by atoms with van der Waals surface area (Å²) in [6.07, 6.45) is 5.42. The van der Waals surface area contributed by atoms with E-state index in [1.807, 2.05) is 6.26 Å². The molecule has 0 fully saturated rings. The first-order valence-electron chi connectivity index (χ1n) is 5.75. The Morgan fingerprint density at radius 1 is 1.47 bits per heavy atom. The lowest BCUT2D eigenvalue weighted by molar-refractivity contribution is -0.138. The molecular weight excluding hydrogens is 268 g/mol. The van der Waals surface area contributed by atoms with Crippen molar-refractivity contribution < 1.29 is 14.7 Å². The molecule has 106 valence electrons. The van der Waals surface area contributed by atoms with Gasteiger partial charge in [-0.1, -0.05) is 0 Å². The van der Waals surface area contributed by atoms with Crippen LogP contribution in [0.15, 0.2) is 12.5 Å². The molecule has 0 saturated carbocycles. The number of thioether (sulfide) groups is 1. The molecule has 1 aromatic heterocycles. The van der Waals surface area contributed by atoms with Gasteiger partial charge >= 0.3 is 5.97 Å². The van der Waals surface area contributed by atoms with Crippen LogP contribution in [0.3, 0.4) is 0 Å². The summed E-state index contributed by atoms with van der Waals surface area (Å²) in [5.74, 6) is -0.549. The number of hydrogen-bond acceptors (Lipinski definition) is 6. The van der Waals surface area contributed by atoms with Gasteiger partial charge in [0.25, 0.3) is 0 Å². The summed E-state index contributed by atoms with van der Waals surface area (Å²) in [7, 11) is 0. The number of rotatable bonds is 7. The van der Waals surface area contributed by atoms with Gasteiger partial charge in [0.05, 0.1) is 11.7 Å². The second-order valence-corrected chi connectivity index (χ2v) is 5.13. The van der Waals surface area contributed by atoms with Crippen LogP contribution in [0.25, 0.3) is 0 Å². The number of hydrogen-bond donors (Lipinski definition) is 3. The lowest BCUT2D eigenvalue weighted by Crippen LogP contribution is -2.34. The zero-order valence-corrected chi connectivity index (χ0v) is 11.5. The molecule has 0 aromatic carbocycles. The SMILES string of the molecule is CSCCC(N)C(=O)n1cnc(CC(N)C(=O)O)c1. The molecule has 0 aliphatic carbocycles. The summed E-state index contributed by atoms with van der Waals surface area (Å²) in [6.45, 7) is 0. The van der Waals surface area contributed by atoms with E-state index in [2.05, 4.69) is 4.98 Å². The maximum Gasteiger partial charge on any atom is 0.320 e. The van der Waals surface area contributed by atoms with E-state index in [1.165, 1.54) is 17.1 Å². The Morgan fingerprint density at radius 3 is 2.74 bits per heavy atom. The fraction of sp³-hybridized carbons (Fsp3) is 0.545. The van der Waals surface area contributed by atoms with E-state index in [4.69, 9.17) is 16.6 Å². The molecule has 2 atom stereocenters. The van der Waals surface area contributed by atoms with E-state index >= 15 is 0 Å². The fourth-order valence-corrected chi connectivity index (χ4v) is 1.95. The number of carboxylic acids is 1. The third kappa shape index (κ3) is 4.66. The monoisotopic (exact) mass is 286 g/mol. The van der Waals surface area contributed by atoms with E-state index in [9.17, 15) is 9.59 Å². The highest BCUT2D eigenvalue weighted by atomic mass is 32.2. The van der Waals surface area contributed by atoms with Gasteiger partial charge in [0, 0.05) is 12.6 Å². The van der Waals surface area contributed by atoms with Gasteiger partial charge in [-0.05, 0) is 18.4 Å². The molecule has 1 heterocycles. The van der Waals surface area contributed by atoms with Crippen LogP contribution in [0.4, 0.5) is 0 Å². The average molecular weight is 286 g/mol. The smallest absolute Gasteiger partial charge is 0.320 e. The standard InChI is InChI=1S/C11H18N4O3S/c1-19-3-2-8(12)10(16)15-5-7(14-6-15)4-9(13)11(17)18/h5-6,8-9H,2-4,12-13H2,1H3,(H,17,18). The Morgan fingerprint density at radius 2 is 2.16 bits per heavy atom. The molecule has 0 aliphatic rings. The molecule has 19 heavy (non-hydrogen) atoms. The molecule has 2 unspecified atom stereocenters. The van der Waals surface area contributed by atoms with Gasteiger partial charge in [-0.2, -0.15) is 11.8 Å². The zero-order chi connectivity index (χ0) is 14.4. The van der Waals surface area contributed by atoms with E-state index in [-0.39, 0.29) is 12.3 Å². The van der Waals surface area contributed by atoms with Crippen molar-refractivity contribution in [3.63, 3.8) is 0 Å². The predicted molar refractivity (Wildman–Crippen MR) is 73.1 cm³/mol. The van der Waals surface area contributed by atoms with Crippen molar-refractivity contribution in [2.24, 2.45) is 11.5 Å². The molecule has 1 aromatic rings. The maximum atomic E-state index is 11.9. The van der Waals surface area contributed by atoms with E-state index < -0.39 is 18.1 Å². The molecule has 0 aliphatic heterocycles. The molecule has 1 rings (SSSR count). The number of aliphatic carboxylic acids is 1. The highest BCUT2D eigenvalue weighted by Crippen LogP contribution is 2.04. The van der Waals surface area contributed by atoms with Crippen LogP contribution in [-0.4, -0.2) is 50.6 Å². The summed E-state index contributed by atoms with van der Waals surface area (Å²) < 4.78 is 1.29. The van der Waals surface area contributed by atoms with Crippen molar-refractivity contribution in [2.45, 2.75) is 24.9 Å². The Labute approximate surface area is 115 Å². The summed E-state index contributed by atoms with van der Waals surface area (Å²) in [6, 6.07) is -1.61. The zero-order valence-electron chi connectivity index (χ0n) is 10.7. The highest BCUT2D eigenvalue weighted by molar-refractivity contribution is 7.98. The Bertz CT molecular complexity index is 449. The van der Waals surface area contributed by atoms with Crippen molar-refractivity contribution in [3.8, 4) is 0 Å². The van der Waals surface area contributed by atoms with Crippen LogP contribution in [0.5, 0.6) is 0 Å². The third-order valence-electron chi connectivity index (χ3n) is 2.59. The van der Waals surface area contributed by atoms with Gasteiger partial charge in [0.2, 0.25) is 5.91 Å². The van der Waals surface area contributed by atoms with Gasteiger partial charge in [-0.25, -0.2) is 4.98 Å². The summed E-state index contributed by atoms with van der Waals surface area (Å²) >= 11 is 1.62. The van der Waals surface area contributed by atoms with Crippen molar-refractivity contribution in [1.82, 2.24) is 9.55 Å². The molecule has 0 spiro atoms. The molecule has 7 nitrogen and oxygen atoms in total. The molecule has 0 radical (unpaired) electrons. The van der Waals surface area contributed by atoms with Gasteiger partial charge in [-0.3, -0.25) is 14.2 Å². The Balaban J connectivity index is 2.63.